The van der Waals surface area contributed by atoms with Crippen LogP contribution in [0.25, 0.3) is 0 Å². The molecule has 0 amide bonds. The molecule has 0 aliphatic carbocycles. The summed E-state index contributed by atoms with van der Waals surface area (Å²) in [5.74, 6) is -0.598. The Labute approximate surface area is 271 Å². The van der Waals surface area contributed by atoms with Crippen molar-refractivity contribution >= 4 is 11.9 Å². The molecule has 44 heavy (non-hydrogen) atoms. The maximum Gasteiger partial charge on any atom is 0.305 e. The van der Waals surface area contributed by atoms with E-state index in [-0.39, 0.29) is 25.2 Å². The second-order valence-electron chi connectivity index (χ2n) is 12.0. The molecular weight excluding hydrogens is 548 g/mol. The first-order valence-corrected chi connectivity index (χ1v) is 18.2. The van der Waals surface area contributed by atoms with E-state index in [0.717, 1.165) is 70.6 Å². The van der Waals surface area contributed by atoms with Crippen molar-refractivity contribution in [1.82, 2.24) is 0 Å². The third-order valence-electron chi connectivity index (χ3n) is 7.51. The predicted octanol–water partition coefficient (Wildman–Crippen LogP) is 11.1. The van der Waals surface area contributed by atoms with Crippen LogP contribution in [0.2, 0.25) is 0 Å². The number of rotatable bonds is 32. The van der Waals surface area contributed by atoms with Gasteiger partial charge in [-0.15, -0.1) is 0 Å². The molecule has 0 rings (SSSR count). The molecule has 5 nitrogen and oxygen atoms in total. The van der Waals surface area contributed by atoms with Crippen molar-refractivity contribution in [1.29, 1.82) is 0 Å². The maximum absolute atomic E-state index is 11.9. The van der Waals surface area contributed by atoms with Gasteiger partial charge in [0.15, 0.2) is 0 Å². The zero-order valence-corrected chi connectivity index (χ0v) is 28.7. The Morgan fingerprint density at radius 3 is 1.32 bits per heavy atom. The summed E-state index contributed by atoms with van der Waals surface area (Å²) in [5.41, 5.74) is 0. The lowest BCUT2D eigenvalue weighted by atomic mass is 10.1. The Bertz CT molecular complexity index is 752. The van der Waals surface area contributed by atoms with Crippen molar-refractivity contribution in [2.24, 2.45) is 0 Å². The fraction of sp³-hybridized carbons (Fsp3) is 0.744. The molecule has 0 aromatic carbocycles. The Morgan fingerprint density at radius 1 is 0.477 bits per heavy atom. The minimum atomic E-state index is -0.974. The van der Waals surface area contributed by atoms with E-state index in [4.69, 9.17) is 9.47 Å². The minimum Gasteiger partial charge on any atom is -0.463 e. The SMILES string of the molecule is CCCC/C=C\CC/C=C\CCCCCCCC(=O)OC[C@@H](O)COC(=O)CCCCCCC/C=C\C/C=C\CCCCC. The summed E-state index contributed by atoms with van der Waals surface area (Å²) < 4.78 is 10.3. The zero-order valence-electron chi connectivity index (χ0n) is 28.7. The van der Waals surface area contributed by atoms with E-state index in [1.807, 2.05) is 0 Å². The zero-order chi connectivity index (χ0) is 32.2. The lowest BCUT2D eigenvalue weighted by molar-refractivity contribution is -0.152. The van der Waals surface area contributed by atoms with Gasteiger partial charge in [0.25, 0.3) is 0 Å². The molecule has 0 saturated carbocycles. The largest absolute Gasteiger partial charge is 0.463 e. The predicted molar refractivity (Wildman–Crippen MR) is 187 cm³/mol. The molecule has 254 valence electrons. The molecule has 0 fully saturated rings. The molecule has 1 atom stereocenters. The molecule has 0 aromatic heterocycles. The van der Waals surface area contributed by atoms with E-state index in [2.05, 4.69) is 62.5 Å². The van der Waals surface area contributed by atoms with Crippen molar-refractivity contribution in [2.45, 2.75) is 174 Å². The van der Waals surface area contributed by atoms with E-state index in [1.54, 1.807) is 0 Å². The van der Waals surface area contributed by atoms with Gasteiger partial charge in [-0.05, 0) is 77.0 Å². The molecule has 0 bridgehead atoms. The van der Waals surface area contributed by atoms with E-state index in [0.29, 0.717) is 12.8 Å². The number of aliphatic hydroxyl groups is 1. The van der Waals surface area contributed by atoms with Crippen LogP contribution >= 0.6 is 0 Å². The van der Waals surface area contributed by atoms with E-state index < -0.39 is 6.10 Å². The Kier molecular flexibility index (Phi) is 33.6. The van der Waals surface area contributed by atoms with E-state index in [9.17, 15) is 14.7 Å². The highest BCUT2D eigenvalue weighted by Crippen LogP contribution is 2.10. The average Bonchev–Trinajstić information content (AvgIpc) is 3.02. The van der Waals surface area contributed by atoms with Crippen LogP contribution in [-0.2, 0) is 19.1 Å². The fourth-order valence-electron chi connectivity index (χ4n) is 4.70. The molecule has 0 radical (unpaired) electrons. The van der Waals surface area contributed by atoms with Crippen LogP contribution in [-0.4, -0.2) is 36.4 Å². The van der Waals surface area contributed by atoms with Crippen LogP contribution in [0.5, 0.6) is 0 Å². The number of hydrogen-bond donors (Lipinski definition) is 1. The van der Waals surface area contributed by atoms with Crippen molar-refractivity contribution in [3.05, 3.63) is 48.6 Å². The Balaban J connectivity index is 3.50. The van der Waals surface area contributed by atoms with Gasteiger partial charge >= 0.3 is 11.9 Å². The normalized spacial score (nSPS) is 12.7. The quantitative estimate of drug-likeness (QED) is 0.0462. The van der Waals surface area contributed by atoms with Crippen LogP contribution < -0.4 is 0 Å². The highest BCUT2D eigenvalue weighted by Gasteiger charge is 2.12. The fourth-order valence-corrected chi connectivity index (χ4v) is 4.70. The van der Waals surface area contributed by atoms with Gasteiger partial charge in [-0.25, -0.2) is 0 Å². The van der Waals surface area contributed by atoms with Crippen LogP contribution in [0.15, 0.2) is 48.6 Å². The van der Waals surface area contributed by atoms with Crippen molar-refractivity contribution in [3.63, 3.8) is 0 Å². The summed E-state index contributed by atoms with van der Waals surface area (Å²) in [6, 6.07) is 0. The summed E-state index contributed by atoms with van der Waals surface area (Å²) in [6.07, 6.45) is 42.9. The average molecular weight is 617 g/mol. The number of allylic oxidation sites excluding steroid dienone is 8. The third-order valence-corrected chi connectivity index (χ3v) is 7.51. The highest BCUT2D eigenvalue weighted by molar-refractivity contribution is 5.69. The molecule has 0 aliphatic rings. The molecule has 1 N–H and O–H groups in total. The minimum absolute atomic E-state index is 0.128. The first-order valence-electron chi connectivity index (χ1n) is 18.2. The molecule has 0 aromatic rings. The van der Waals surface area contributed by atoms with Gasteiger partial charge in [0.05, 0.1) is 0 Å². The summed E-state index contributed by atoms with van der Waals surface area (Å²) in [5, 5.41) is 9.98. The van der Waals surface area contributed by atoms with Gasteiger partial charge in [-0.2, -0.15) is 0 Å². The maximum atomic E-state index is 11.9. The Hall–Kier alpha value is -2.14. The Morgan fingerprint density at radius 2 is 0.841 bits per heavy atom. The summed E-state index contributed by atoms with van der Waals surface area (Å²) in [7, 11) is 0. The van der Waals surface area contributed by atoms with Crippen LogP contribution in [0.4, 0.5) is 0 Å². The number of ether oxygens (including phenoxy) is 2. The first-order chi connectivity index (χ1) is 21.6. The summed E-state index contributed by atoms with van der Waals surface area (Å²) >= 11 is 0. The second-order valence-corrected chi connectivity index (χ2v) is 12.0. The third kappa shape index (κ3) is 34.4. The van der Waals surface area contributed by atoms with Crippen molar-refractivity contribution < 1.29 is 24.2 Å². The second kappa shape index (κ2) is 35.3. The van der Waals surface area contributed by atoms with Crippen molar-refractivity contribution in [3.8, 4) is 0 Å². The number of unbranched alkanes of at least 4 members (excludes halogenated alkanes) is 16. The van der Waals surface area contributed by atoms with Crippen molar-refractivity contribution in [2.75, 3.05) is 13.2 Å². The van der Waals surface area contributed by atoms with E-state index in [1.165, 1.54) is 70.6 Å². The van der Waals surface area contributed by atoms with Gasteiger partial charge in [-0.1, -0.05) is 127 Å². The molecule has 0 saturated heterocycles. The van der Waals surface area contributed by atoms with Gasteiger partial charge in [0.2, 0.25) is 0 Å². The summed E-state index contributed by atoms with van der Waals surface area (Å²) in [6.45, 7) is 4.20. The summed E-state index contributed by atoms with van der Waals surface area (Å²) in [4.78, 5) is 23.9. The van der Waals surface area contributed by atoms with E-state index >= 15 is 0 Å². The van der Waals surface area contributed by atoms with Gasteiger partial charge in [0.1, 0.15) is 19.3 Å². The number of hydrogen-bond acceptors (Lipinski definition) is 5. The smallest absolute Gasteiger partial charge is 0.305 e. The van der Waals surface area contributed by atoms with Gasteiger partial charge in [-0.3, -0.25) is 9.59 Å². The molecule has 5 heteroatoms. The van der Waals surface area contributed by atoms with Crippen LogP contribution in [0, 0.1) is 0 Å². The number of carbonyl (C=O) groups excluding carboxylic acids is 2. The van der Waals surface area contributed by atoms with Crippen LogP contribution in [0.1, 0.15) is 168 Å². The highest BCUT2D eigenvalue weighted by atomic mass is 16.6. The topological polar surface area (TPSA) is 72.8 Å². The lowest BCUT2D eigenvalue weighted by Gasteiger charge is -2.12. The first kappa shape index (κ1) is 41.9. The number of esters is 2. The lowest BCUT2D eigenvalue weighted by Crippen LogP contribution is -2.25. The molecule has 0 heterocycles. The molecule has 0 spiro atoms. The van der Waals surface area contributed by atoms with Crippen LogP contribution in [0.3, 0.4) is 0 Å². The standard InChI is InChI=1S/C39H68O5/c1-3-5-7-9-11-13-15-17-19-21-23-25-27-29-31-33-38(41)43-35-37(40)36-44-39(42)34-32-30-28-26-24-22-20-18-16-14-12-10-8-6-4-2/h9,11-12,14,17-20,37,40H,3-8,10,13,15-16,21-36H2,1-2H3/b11-9-,14-12-,19-17-,20-18-/t37-/m1/s1. The monoisotopic (exact) mass is 617 g/mol. The number of aliphatic hydroxyl groups excluding tert-OH is 1. The molecule has 0 aliphatic heterocycles. The molecule has 0 unspecified atom stereocenters. The molecular formula is C39H68O5. The number of carbonyl (C=O) groups is 2. The van der Waals surface area contributed by atoms with Gasteiger partial charge < -0.3 is 14.6 Å². The van der Waals surface area contributed by atoms with Gasteiger partial charge in [0, 0.05) is 12.8 Å².